The van der Waals surface area contributed by atoms with Crippen molar-refractivity contribution in [2.24, 2.45) is 0 Å². The molecule has 0 spiro atoms. The van der Waals surface area contributed by atoms with Crippen molar-refractivity contribution in [2.75, 3.05) is 6.61 Å². The van der Waals surface area contributed by atoms with E-state index in [1.165, 1.54) is 19.9 Å². The number of carbonyl (C=O) groups is 2. The second-order valence-electron chi connectivity index (χ2n) is 4.83. The van der Waals surface area contributed by atoms with Crippen molar-refractivity contribution in [1.82, 2.24) is 0 Å². The Hall–Kier alpha value is -2.63. The number of carbonyl (C=O) groups excluding carboxylic acids is 2. The van der Waals surface area contributed by atoms with Gasteiger partial charge in [-0.2, -0.15) is 0 Å². The van der Waals surface area contributed by atoms with Gasteiger partial charge in [0.25, 0.3) is 0 Å². The number of aryl methyl sites for hydroxylation is 1. The molecule has 1 aromatic carbocycles. The van der Waals surface area contributed by atoms with E-state index in [0.29, 0.717) is 16.9 Å². The first-order chi connectivity index (χ1) is 10.4. The Labute approximate surface area is 126 Å². The minimum Gasteiger partial charge on any atom is -0.466 e. The normalized spacial score (nSPS) is 10.5. The zero-order valence-electron chi connectivity index (χ0n) is 12.6. The number of fused-ring (bicyclic) bond motifs is 1. The lowest BCUT2D eigenvalue weighted by atomic mass is 10.0. The van der Waals surface area contributed by atoms with Crippen LogP contribution in [-0.2, 0) is 20.7 Å². The molecule has 6 nitrogen and oxygen atoms in total. The number of benzene rings is 1. The molecular weight excluding hydrogens is 288 g/mol. The number of ether oxygens (including phenoxy) is 2. The monoisotopic (exact) mass is 304 g/mol. The fraction of sp³-hybridized carbons (Fsp3) is 0.312. The summed E-state index contributed by atoms with van der Waals surface area (Å²) in [6, 6.07) is 4.86. The molecule has 0 saturated carbocycles. The maximum atomic E-state index is 12.0. The quantitative estimate of drug-likeness (QED) is 0.489. The van der Waals surface area contributed by atoms with Crippen molar-refractivity contribution < 1.29 is 23.5 Å². The molecular formula is C16H16O6. The zero-order valence-corrected chi connectivity index (χ0v) is 12.6. The van der Waals surface area contributed by atoms with Crippen LogP contribution < -0.4 is 10.4 Å². The standard InChI is InChI=1S/C16H16O6/c1-9-13-5-4-12(21-11(3)18)8-15(13)22-16(19)14(9)6-7-20-10(2)17/h4-5,8H,6-7H2,1-3H3. The van der Waals surface area contributed by atoms with Gasteiger partial charge < -0.3 is 13.9 Å². The second-order valence-corrected chi connectivity index (χ2v) is 4.83. The number of esters is 2. The minimum atomic E-state index is -0.489. The molecule has 6 heteroatoms. The topological polar surface area (TPSA) is 82.8 Å². The SMILES string of the molecule is CC(=O)OCCc1c(C)c2ccc(OC(C)=O)cc2oc1=O. The van der Waals surface area contributed by atoms with Crippen LogP contribution in [0.2, 0.25) is 0 Å². The van der Waals surface area contributed by atoms with E-state index in [1.807, 2.05) is 0 Å². The lowest BCUT2D eigenvalue weighted by molar-refractivity contribution is -0.140. The summed E-state index contributed by atoms with van der Waals surface area (Å²) in [5, 5.41) is 0.744. The molecule has 2 rings (SSSR count). The molecule has 0 fully saturated rings. The van der Waals surface area contributed by atoms with E-state index in [2.05, 4.69) is 0 Å². The van der Waals surface area contributed by atoms with E-state index in [-0.39, 0.29) is 13.0 Å². The Kier molecular flexibility index (Phi) is 4.60. The van der Waals surface area contributed by atoms with E-state index in [1.54, 1.807) is 19.1 Å². The second kappa shape index (κ2) is 6.43. The maximum Gasteiger partial charge on any atom is 0.339 e. The molecule has 0 N–H and O–H groups in total. The number of rotatable bonds is 4. The summed E-state index contributed by atoms with van der Waals surface area (Å²) >= 11 is 0. The number of hydrogen-bond donors (Lipinski definition) is 0. The van der Waals surface area contributed by atoms with E-state index in [9.17, 15) is 14.4 Å². The van der Waals surface area contributed by atoms with Gasteiger partial charge in [0.05, 0.1) is 6.61 Å². The van der Waals surface area contributed by atoms with Gasteiger partial charge in [-0.05, 0) is 24.6 Å². The molecule has 0 aliphatic carbocycles. The zero-order chi connectivity index (χ0) is 16.3. The Bertz CT molecular complexity index is 787. The predicted octanol–water partition coefficient (Wildman–Crippen LogP) is 2.13. The van der Waals surface area contributed by atoms with Gasteiger partial charge in [-0.1, -0.05) is 0 Å². The van der Waals surface area contributed by atoms with Crippen LogP contribution >= 0.6 is 0 Å². The van der Waals surface area contributed by atoms with Gasteiger partial charge in [-0.3, -0.25) is 9.59 Å². The van der Waals surface area contributed by atoms with Crippen molar-refractivity contribution >= 4 is 22.9 Å². The number of hydrogen-bond acceptors (Lipinski definition) is 6. The first-order valence-electron chi connectivity index (χ1n) is 6.76. The smallest absolute Gasteiger partial charge is 0.339 e. The Morgan fingerprint density at radius 2 is 1.91 bits per heavy atom. The largest absolute Gasteiger partial charge is 0.466 e. The molecule has 0 radical (unpaired) electrons. The molecule has 1 heterocycles. The third-order valence-electron chi connectivity index (χ3n) is 3.18. The van der Waals surface area contributed by atoms with Crippen LogP contribution in [0.15, 0.2) is 27.4 Å². The third-order valence-corrected chi connectivity index (χ3v) is 3.18. The summed E-state index contributed by atoms with van der Waals surface area (Å²) in [5.41, 5.74) is 1.08. The van der Waals surface area contributed by atoms with E-state index >= 15 is 0 Å². The summed E-state index contributed by atoms with van der Waals surface area (Å²) in [5.74, 6) is -0.527. The molecule has 0 aliphatic heterocycles. The lowest BCUT2D eigenvalue weighted by Crippen LogP contribution is -2.14. The van der Waals surface area contributed by atoms with E-state index in [0.717, 1.165) is 10.9 Å². The molecule has 116 valence electrons. The highest BCUT2D eigenvalue weighted by Crippen LogP contribution is 2.24. The fourth-order valence-electron chi connectivity index (χ4n) is 2.19. The lowest BCUT2D eigenvalue weighted by Gasteiger charge is -2.09. The first-order valence-corrected chi connectivity index (χ1v) is 6.76. The van der Waals surface area contributed by atoms with Gasteiger partial charge in [-0.15, -0.1) is 0 Å². The fourth-order valence-corrected chi connectivity index (χ4v) is 2.19. The van der Waals surface area contributed by atoms with E-state index in [4.69, 9.17) is 13.9 Å². The third kappa shape index (κ3) is 3.52. The summed E-state index contributed by atoms with van der Waals surface area (Å²) in [6.45, 7) is 4.53. The molecule has 0 atom stereocenters. The van der Waals surface area contributed by atoms with Crippen molar-refractivity contribution in [2.45, 2.75) is 27.2 Å². The summed E-state index contributed by atoms with van der Waals surface area (Å²) in [6.07, 6.45) is 0.287. The maximum absolute atomic E-state index is 12.0. The van der Waals surface area contributed by atoms with Gasteiger partial charge in [0, 0.05) is 37.3 Å². The van der Waals surface area contributed by atoms with Crippen molar-refractivity contribution in [3.8, 4) is 5.75 Å². The summed E-state index contributed by atoms with van der Waals surface area (Å²) in [4.78, 5) is 33.8. The van der Waals surface area contributed by atoms with Crippen LogP contribution in [0.5, 0.6) is 5.75 Å². The summed E-state index contributed by atoms with van der Waals surface area (Å²) < 4.78 is 15.1. The highest BCUT2D eigenvalue weighted by molar-refractivity contribution is 5.83. The Morgan fingerprint density at radius 3 is 2.55 bits per heavy atom. The highest BCUT2D eigenvalue weighted by atomic mass is 16.5. The van der Waals surface area contributed by atoms with Gasteiger partial charge in [0.2, 0.25) is 0 Å². The van der Waals surface area contributed by atoms with Gasteiger partial charge >= 0.3 is 17.6 Å². The molecule has 22 heavy (non-hydrogen) atoms. The van der Waals surface area contributed by atoms with Gasteiger partial charge in [0.15, 0.2) is 0 Å². The molecule has 0 amide bonds. The molecule has 0 saturated heterocycles. The minimum absolute atomic E-state index is 0.123. The Balaban J connectivity index is 2.38. The van der Waals surface area contributed by atoms with Crippen molar-refractivity contribution in [3.05, 3.63) is 39.7 Å². The van der Waals surface area contributed by atoms with Crippen molar-refractivity contribution in [1.29, 1.82) is 0 Å². The predicted molar refractivity (Wildman–Crippen MR) is 78.9 cm³/mol. The van der Waals surface area contributed by atoms with Gasteiger partial charge in [0.1, 0.15) is 11.3 Å². The average molecular weight is 304 g/mol. The highest BCUT2D eigenvalue weighted by Gasteiger charge is 2.13. The molecule has 1 aromatic heterocycles. The Morgan fingerprint density at radius 1 is 1.18 bits per heavy atom. The van der Waals surface area contributed by atoms with Crippen LogP contribution in [0, 0.1) is 6.92 Å². The molecule has 0 unspecified atom stereocenters. The summed E-state index contributed by atoms with van der Waals surface area (Å²) in [7, 11) is 0. The molecule has 2 aromatic rings. The van der Waals surface area contributed by atoms with Crippen LogP contribution in [0.1, 0.15) is 25.0 Å². The van der Waals surface area contributed by atoms with Gasteiger partial charge in [-0.25, -0.2) is 4.79 Å². The van der Waals surface area contributed by atoms with Crippen LogP contribution in [0.25, 0.3) is 11.0 Å². The molecule has 0 bridgehead atoms. The average Bonchev–Trinajstić information content (AvgIpc) is 2.41. The van der Waals surface area contributed by atoms with Crippen molar-refractivity contribution in [3.63, 3.8) is 0 Å². The van der Waals surface area contributed by atoms with Crippen LogP contribution in [-0.4, -0.2) is 18.5 Å². The van der Waals surface area contributed by atoms with Crippen LogP contribution in [0.3, 0.4) is 0 Å². The van der Waals surface area contributed by atoms with Crippen LogP contribution in [0.4, 0.5) is 0 Å². The molecule has 0 aliphatic rings. The van der Waals surface area contributed by atoms with E-state index < -0.39 is 17.6 Å². The first kappa shape index (κ1) is 15.8.